The summed E-state index contributed by atoms with van der Waals surface area (Å²) in [5, 5.41) is 8.64. The van der Waals surface area contributed by atoms with E-state index in [0.29, 0.717) is 16.0 Å². The Hall–Kier alpha value is -0.980. The Morgan fingerprint density at radius 1 is 1.58 bits per heavy atom. The molecule has 0 saturated heterocycles. The van der Waals surface area contributed by atoms with E-state index in [2.05, 4.69) is 6.92 Å². The summed E-state index contributed by atoms with van der Waals surface area (Å²) >= 11 is -1.03. The summed E-state index contributed by atoms with van der Waals surface area (Å²) in [5.41, 5.74) is 1.16. The summed E-state index contributed by atoms with van der Waals surface area (Å²) in [6, 6.07) is 7.03. The highest BCUT2D eigenvalue weighted by Gasteiger charge is 2.06. The predicted octanol–water partition coefficient (Wildman–Crippen LogP) is 1.48. The van der Waals surface area contributed by atoms with Crippen molar-refractivity contribution in [3.63, 3.8) is 0 Å². The number of hydrogen-bond donors (Lipinski definition) is 0. The highest BCUT2D eigenvalue weighted by Crippen LogP contribution is 2.14. The van der Waals surface area contributed by atoms with Crippen molar-refractivity contribution in [1.29, 1.82) is 5.26 Å². The Morgan fingerprint density at radius 3 is 2.75 bits per heavy atom. The summed E-state index contributed by atoms with van der Waals surface area (Å²) in [4.78, 5) is 0.666. The summed E-state index contributed by atoms with van der Waals surface area (Å²) in [6.07, 6.45) is 1.58. The summed E-state index contributed by atoms with van der Waals surface area (Å²) in [7, 11) is 0. The lowest BCUT2D eigenvalue weighted by Crippen LogP contribution is -1.98. The lowest BCUT2D eigenvalue weighted by atomic mass is 10.1. The fraction of sp³-hybridized carbons (Fsp3) is 0.111. The summed E-state index contributed by atoms with van der Waals surface area (Å²) in [6.45, 7) is 3.67. The first-order valence-corrected chi connectivity index (χ1v) is 4.90. The van der Waals surface area contributed by atoms with Crippen LogP contribution < -0.4 is 0 Å². The number of nitriles is 1. The Kier molecular flexibility index (Phi) is 2.74. The second-order valence-corrected chi connectivity index (χ2v) is 3.76. The molecule has 1 aromatic rings. The van der Waals surface area contributed by atoms with Crippen LogP contribution in [0.5, 0.6) is 0 Å². The van der Waals surface area contributed by atoms with Crippen molar-refractivity contribution in [3.8, 4) is 6.07 Å². The van der Waals surface area contributed by atoms with E-state index >= 15 is 0 Å². The Bertz CT molecular complexity index is 328. The van der Waals surface area contributed by atoms with Gasteiger partial charge in [0.25, 0.3) is 0 Å². The van der Waals surface area contributed by atoms with Crippen molar-refractivity contribution in [3.05, 3.63) is 36.2 Å². The number of benzene rings is 1. The third-order valence-electron chi connectivity index (χ3n) is 1.53. The molecule has 0 aliphatic rings. The molecule has 1 radical (unpaired) electrons. The van der Waals surface area contributed by atoms with Crippen molar-refractivity contribution < 1.29 is 4.55 Å². The second kappa shape index (κ2) is 3.61. The van der Waals surface area contributed by atoms with E-state index < -0.39 is 11.2 Å². The molecule has 1 atom stereocenters. The van der Waals surface area contributed by atoms with Crippen LogP contribution in [0.3, 0.4) is 0 Å². The number of hydrogen-bond acceptors (Lipinski definition) is 2. The monoisotopic (exact) mass is 178 g/mol. The molecule has 3 heteroatoms. The molecular weight excluding hydrogens is 170 g/mol. The van der Waals surface area contributed by atoms with Crippen LogP contribution >= 0.6 is 0 Å². The minimum absolute atomic E-state index is 0.489. The standard InChI is InChI=1S/C9H8NOS/c1-7-3-4-9(12(2)11)5-8(7)6-10/h3-5H,1H2,2H3. The molecule has 0 bridgehead atoms. The van der Waals surface area contributed by atoms with Crippen LogP contribution in [-0.2, 0) is 11.2 Å². The largest absolute Gasteiger partial charge is 0.612 e. The van der Waals surface area contributed by atoms with Crippen LogP contribution in [0.2, 0.25) is 0 Å². The summed E-state index contributed by atoms with van der Waals surface area (Å²) < 4.78 is 11.0. The third-order valence-corrected chi connectivity index (χ3v) is 2.45. The van der Waals surface area contributed by atoms with E-state index in [1.165, 1.54) is 0 Å². The van der Waals surface area contributed by atoms with Crippen LogP contribution in [0, 0.1) is 18.3 Å². The van der Waals surface area contributed by atoms with Gasteiger partial charge in [0.05, 0.1) is 11.6 Å². The summed E-state index contributed by atoms with van der Waals surface area (Å²) in [5.74, 6) is 0. The third kappa shape index (κ3) is 1.79. The molecule has 0 heterocycles. The van der Waals surface area contributed by atoms with Crippen molar-refractivity contribution in [2.45, 2.75) is 4.90 Å². The highest BCUT2D eigenvalue weighted by molar-refractivity contribution is 7.90. The van der Waals surface area contributed by atoms with E-state index in [0.717, 1.165) is 0 Å². The first kappa shape index (κ1) is 9.11. The van der Waals surface area contributed by atoms with Gasteiger partial charge in [-0.3, -0.25) is 0 Å². The van der Waals surface area contributed by atoms with Gasteiger partial charge in [0, 0.05) is 6.07 Å². The Morgan fingerprint density at radius 2 is 2.25 bits per heavy atom. The van der Waals surface area contributed by atoms with Crippen LogP contribution in [0.4, 0.5) is 0 Å². The van der Waals surface area contributed by atoms with Crippen molar-refractivity contribution >= 4 is 11.2 Å². The zero-order chi connectivity index (χ0) is 9.14. The zero-order valence-corrected chi connectivity index (χ0v) is 7.52. The van der Waals surface area contributed by atoms with Gasteiger partial charge in [-0.05, 0) is 29.7 Å². The second-order valence-electron chi connectivity index (χ2n) is 2.38. The van der Waals surface area contributed by atoms with Gasteiger partial charge < -0.3 is 4.55 Å². The number of nitrogens with zero attached hydrogens (tertiary/aromatic N) is 1. The average Bonchev–Trinajstić information content (AvgIpc) is 2.05. The normalized spacial score (nSPS) is 12.2. The van der Waals surface area contributed by atoms with Gasteiger partial charge in [0.15, 0.2) is 4.90 Å². The quantitative estimate of drug-likeness (QED) is 0.611. The van der Waals surface area contributed by atoms with Gasteiger partial charge in [-0.1, -0.05) is 6.07 Å². The minimum Gasteiger partial charge on any atom is -0.612 e. The van der Waals surface area contributed by atoms with Crippen molar-refractivity contribution in [1.82, 2.24) is 0 Å². The van der Waals surface area contributed by atoms with Crippen LogP contribution in [0.1, 0.15) is 11.1 Å². The van der Waals surface area contributed by atoms with Gasteiger partial charge in [-0.15, -0.1) is 0 Å². The van der Waals surface area contributed by atoms with E-state index in [9.17, 15) is 4.55 Å². The van der Waals surface area contributed by atoms with Gasteiger partial charge in [0.2, 0.25) is 0 Å². The van der Waals surface area contributed by atoms with E-state index in [4.69, 9.17) is 5.26 Å². The molecule has 12 heavy (non-hydrogen) atoms. The van der Waals surface area contributed by atoms with Crippen LogP contribution in [0.25, 0.3) is 0 Å². The first-order valence-electron chi connectivity index (χ1n) is 3.34. The highest BCUT2D eigenvalue weighted by atomic mass is 32.2. The first-order chi connectivity index (χ1) is 5.65. The maximum Gasteiger partial charge on any atom is 0.153 e. The number of rotatable bonds is 1. The SMILES string of the molecule is [CH2]c1ccc([S+](C)[O-])cc1C#N. The molecule has 0 aromatic heterocycles. The molecule has 0 saturated carbocycles. The fourth-order valence-electron chi connectivity index (χ4n) is 0.838. The van der Waals surface area contributed by atoms with Gasteiger partial charge in [-0.25, -0.2) is 0 Å². The Balaban J connectivity index is 3.16. The molecule has 1 unspecified atom stereocenters. The van der Waals surface area contributed by atoms with Crippen LogP contribution in [-0.4, -0.2) is 10.8 Å². The minimum atomic E-state index is -1.03. The maximum absolute atomic E-state index is 11.0. The van der Waals surface area contributed by atoms with Crippen LogP contribution in [0.15, 0.2) is 23.1 Å². The van der Waals surface area contributed by atoms with E-state index in [1.54, 1.807) is 24.5 Å². The molecule has 0 amide bonds. The molecule has 61 valence electrons. The van der Waals surface area contributed by atoms with Crippen molar-refractivity contribution in [2.75, 3.05) is 6.26 Å². The van der Waals surface area contributed by atoms with E-state index in [-0.39, 0.29) is 0 Å². The fourth-order valence-corrected chi connectivity index (χ4v) is 1.38. The lowest BCUT2D eigenvalue weighted by Gasteiger charge is -2.04. The van der Waals surface area contributed by atoms with Gasteiger partial charge >= 0.3 is 0 Å². The zero-order valence-electron chi connectivity index (χ0n) is 6.70. The average molecular weight is 178 g/mol. The van der Waals surface area contributed by atoms with E-state index in [1.807, 2.05) is 6.07 Å². The molecule has 0 fully saturated rings. The molecule has 1 aromatic carbocycles. The molecular formula is C9H8NOS. The van der Waals surface area contributed by atoms with Crippen molar-refractivity contribution in [2.24, 2.45) is 0 Å². The molecule has 2 nitrogen and oxygen atoms in total. The smallest absolute Gasteiger partial charge is 0.153 e. The Labute approximate surface area is 75.0 Å². The molecule has 0 N–H and O–H groups in total. The van der Waals surface area contributed by atoms with Gasteiger partial charge in [0.1, 0.15) is 6.26 Å². The molecule has 0 aliphatic heterocycles. The molecule has 1 rings (SSSR count). The molecule has 0 aliphatic carbocycles. The molecule has 0 spiro atoms. The lowest BCUT2D eigenvalue weighted by molar-refractivity contribution is 0.601. The topological polar surface area (TPSA) is 46.8 Å². The van der Waals surface area contributed by atoms with Gasteiger partial charge in [-0.2, -0.15) is 5.26 Å². The predicted molar refractivity (Wildman–Crippen MR) is 47.9 cm³/mol. The maximum atomic E-state index is 11.0.